The summed E-state index contributed by atoms with van der Waals surface area (Å²) in [6.45, 7) is 3.34. The van der Waals surface area contributed by atoms with Gasteiger partial charge < -0.3 is 0 Å². The van der Waals surface area contributed by atoms with Gasteiger partial charge in [0, 0.05) is 25.7 Å². The molecule has 0 N–H and O–H groups in total. The third-order valence-corrected chi connectivity index (χ3v) is 6.26. The summed E-state index contributed by atoms with van der Waals surface area (Å²) in [7, 11) is 1.94. The third-order valence-electron chi connectivity index (χ3n) is 6.26. The minimum atomic E-state index is 0.447. The molecule has 2 aliphatic rings. The standard InChI is InChI=1S/C22H27N5/c1-15-11-16(12-15)14-27-22(23-21(25-27)20-9-10-26(2)24-20)19-8-7-17-5-3-4-6-18(17)13-19/h3-6,9-10,15-16,19H,7-8,11-14H2,1-2H3. The summed E-state index contributed by atoms with van der Waals surface area (Å²) >= 11 is 0. The molecule has 0 aliphatic heterocycles. The van der Waals surface area contributed by atoms with E-state index in [1.165, 1.54) is 24.0 Å². The van der Waals surface area contributed by atoms with E-state index in [2.05, 4.69) is 41.0 Å². The van der Waals surface area contributed by atoms with Crippen molar-refractivity contribution in [2.45, 2.75) is 51.5 Å². The van der Waals surface area contributed by atoms with Crippen molar-refractivity contribution in [1.82, 2.24) is 24.5 Å². The van der Waals surface area contributed by atoms with Gasteiger partial charge in [-0.3, -0.25) is 4.68 Å². The van der Waals surface area contributed by atoms with E-state index in [0.717, 1.165) is 55.0 Å². The quantitative estimate of drug-likeness (QED) is 0.706. The van der Waals surface area contributed by atoms with Crippen LogP contribution in [0, 0.1) is 11.8 Å². The van der Waals surface area contributed by atoms with Gasteiger partial charge in [-0.1, -0.05) is 31.2 Å². The molecule has 140 valence electrons. The molecule has 2 aromatic heterocycles. The molecule has 5 nitrogen and oxygen atoms in total. The first-order valence-electron chi connectivity index (χ1n) is 10.2. The Kier molecular flexibility index (Phi) is 4.10. The van der Waals surface area contributed by atoms with Crippen LogP contribution in [0.15, 0.2) is 36.5 Å². The summed E-state index contributed by atoms with van der Waals surface area (Å²) in [6, 6.07) is 10.9. The van der Waals surface area contributed by atoms with Gasteiger partial charge in [0.25, 0.3) is 0 Å². The Balaban J connectivity index is 1.47. The molecular formula is C22H27N5. The second-order valence-electron chi connectivity index (χ2n) is 8.50. The van der Waals surface area contributed by atoms with Gasteiger partial charge >= 0.3 is 0 Å². The molecule has 1 unspecified atom stereocenters. The lowest BCUT2D eigenvalue weighted by molar-refractivity contribution is 0.179. The van der Waals surface area contributed by atoms with Crippen molar-refractivity contribution < 1.29 is 0 Å². The van der Waals surface area contributed by atoms with Crippen LogP contribution in [0.2, 0.25) is 0 Å². The van der Waals surface area contributed by atoms with Gasteiger partial charge in [0.15, 0.2) is 0 Å². The number of benzene rings is 1. The highest BCUT2D eigenvalue weighted by atomic mass is 15.4. The molecule has 2 heterocycles. The van der Waals surface area contributed by atoms with Crippen molar-refractivity contribution in [2.75, 3.05) is 0 Å². The van der Waals surface area contributed by atoms with E-state index >= 15 is 0 Å². The van der Waals surface area contributed by atoms with Crippen LogP contribution in [0.3, 0.4) is 0 Å². The van der Waals surface area contributed by atoms with Crippen LogP contribution in [0.25, 0.3) is 11.5 Å². The number of aromatic nitrogens is 5. The van der Waals surface area contributed by atoms with Crippen LogP contribution in [0.4, 0.5) is 0 Å². The maximum absolute atomic E-state index is 5.00. The Morgan fingerprint density at radius 2 is 1.89 bits per heavy atom. The molecule has 1 fully saturated rings. The van der Waals surface area contributed by atoms with Crippen molar-refractivity contribution in [2.24, 2.45) is 18.9 Å². The van der Waals surface area contributed by atoms with Crippen LogP contribution < -0.4 is 0 Å². The summed E-state index contributed by atoms with van der Waals surface area (Å²) in [5, 5.41) is 9.42. The van der Waals surface area contributed by atoms with E-state index in [1.54, 1.807) is 0 Å². The first-order chi connectivity index (χ1) is 13.2. The van der Waals surface area contributed by atoms with E-state index in [1.807, 2.05) is 24.0 Å². The summed E-state index contributed by atoms with van der Waals surface area (Å²) < 4.78 is 4.03. The molecule has 1 atom stereocenters. The summed E-state index contributed by atoms with van der Waals surface area (Å²) in [4.78, 5) is 5.00. The fourth-order valence-corrected chi connectivity index (χ4v) is 4.81. The Bertz CT molecular complexity index is 947. The largest absolute Gasteiger partial charge is 0.275 e. The van der Waals surface area contributed by atoms with E-state index < -0.39 is 0 Å². The molecule has 1 aromatic carbocycles. The minimum absolute atomic E-state index is 0.447. The molecule has 0 bridgehead atoms. The molecular weight excluding hydrogens is 334 g/mol. The van der Waals surface area contributed by atoms with E-state index in [4.69, 9.17) is 10.1 Å². The molecule has 0 saturated heterocycles. The van der Waals surface area contributed by atoms with E-state index in [9.17, 15) is 0 Å². The summed E-state index contributed by atoms with van der Waals surface area (Å²) in [5.41, 5.74) is 3.84. The van der Waals surface area contributed by atoms with Gasteiger partial charge in [-0.15, -0.1) is 5.10 Å². The zero-order chi connectivity index (χ0) is 18.4. The predicted molar refractivity (Wildman–Crippen MR) is 105 cm³/mol. The maximum Gasteiger partial charge on any atom is 0.201 e. The molecule has 2 aliphatic carbocycles. The fraction of sp³-hybridized carbons (Fsp3) is 0.500. The van der Waals surface area contributed by atoms with Crippen molar-refractivity contribution >= 4 is 0 Å². The smallest absolute Gasteiger partial charge is 0.201 e. The molecule has 5 heteroatoms. The maximum atomic E-state index is 5.00. The molecule has 0 spiro atoms. The Hall–Kier alpha value is -2.43. The third kappa shape index (κ3) is 3.20. The number of nitrogens with zero attached hydrogens (tertiary/aromatic N) is 5. The van der Waals surface area contributed by atoms with Crippen LogP contribution in [0.1, 0.15) is 49.1 Å². The predicted octanol–water partition coefficient (Wildman–Crippen LogP) is 4.00. The second-order valence-corrected chi connectivity index (χ2v) is 8.50. The topological polar surface area (TPSA) is 48.5 Å². The lowest BCUT2D eigenvalue weighted by Gasteiger charge is -2.33. The van der Waals surface area contributed by atoms with Crippen LogP contribution in [0.5, 0.6) is 0 Å². The Morgan fingerprint density at radius 1 is 1.07 bits per heavy atom. The van der Waals surface area contributed by atoms with Crippen molar-refractivity contribution in [3.63, 3.8) is 0 Å². The average molecular weight is 361 g/mol. The zero-order valence-electron chi connectivity index (χ0n) is 16.2. The van der Waals surface area contributed by atoms with E-state index in [-0.39, 0.29) is 0 Å². The monoisotopic (exact) mass is 361 g/mol. The van der Waals surface area contributed by atoms with Gasteiger partial charge in [-0.2, -0.15) is 5.10 Å². The SMILES string of the molecule is CC1CC(Cn2nc(-c3ccn(C)n3)nc2C2CCc3ccccc3C2)C1. The zero-order valence-corrected chi connectivity index (χ0v) is 16.2. The van der Waals surface area contributed by atoms with Crippen molar-refractivity contribution in [1.29, 1.82) is 0 Å². The normalized spacial score (nSPS) is 24.4. The van der Waals surface area contributed by atoms with E-state index in [0.29, 0.717) is 5.92 Å². The van der Waals surface area contributed by atoms with Gasteiger partial charge in [-0.05, 0) is 61.1 Å². The van der Waals surface area contributed by atoms with Gasteiger partial charge in [0.1, 0.15) is 11.5 Å². The molecule has 0 radical (unpaired) electrons. The average Bonchev–Trinajstić information content (AvgIpc) is 3.26. The molecule has 1 saturated carbocycles. The number of hydrogen-bond donors (Lipinski definition) is 0. The van der Waals surface area contributed by atoms with Gasteiger partial charge in [0.2, 0.25) is 5.82 Å². The summed E-state index contributed by atoms with van der Waals surface area (Å²) in [6.07, 6.45) is 7.93. The van der Waals surface area contributed by atoms with Crippen LogP contribution in [-0.4, -0.2) is 24.5 Å². The van der Waals surface area contributed by atoms with Crippen LogP contribution in [-0.2, 0) is 26.4 Å². The van der Waals surface area contributed by atoms with Gasteiger partial charge in [-0.25, -0.2) is 9.67 Å². The molecule has 3 aromatic rings. The Morgan fingerprint density at radius 3 is 2.63 bits per heavy atom. The molecule has 5 rings (SSSR count). The molecule has 27 heavy (non-hydrogen) atoms. The number of fused-ring (bicyclic) bond motifs is 1. The lowest BCUT2D eigenvalue weighted by Crippen LogP contribution is -2.27. The highest BCUT2D eigenvalue weighted by Crippen LogP contribution is 2.37. The summed E-state index contributed by atoms with van der Waals surface area (Å²) in [5.74, 6) is 3.98. The van der Waals surface area contributed by atoms with Crippen molar-refractivity contribution in [3.05, 3.63) is 53.5 Å². The molecule has 0 amide bonds. The second kappa shape index (κ2) is 6.63. The highest BCUT2D eigenvalue weighted by Gasteiger charge is 2.30. The highest BCUT2D eigenvalue weighted by molar-refractivity contribution is 5.47. The van der Waals surface area contributed by atoms with Crippen LogP contribution >= 0.6 is 0 Å². The lowest BCUT2D eigenvalue weighted by atomic mass is 9.76. The minimum Gasteiger partial charge on any atom is -0.275 e. The Labute approximate surface area is 160 Å². The first kappa shape index (κ1) is 16.7. The first-order valence-corrected chi connectivity index (χ1v) is 10.2. The number of hydrogen-bond acceptors (Lipinski definition) is 3. The number of rotatable bonds is 4. The fourth-order valence-electron chi connectivity index (χ4n) is 4.81. The number of aryl methyl sites for hydroxylation is 2. The van der Waals surface area contributed by atoms with Gasteiger partial charge in [0.05, 0.1) is 0 Å². The van der Waals surface area contributed by atoms with Crippen molar-refractivity contribution in [3.8, 4) is 11.5 Å².